The Morgan fingerprint density at radius 1 is 0.478 bits per heavy atom. The lowest BCUT2D eigenvalue weighted by Crippen LogP contribution is -2.41. The summed E-state index contributed by atoms with van der Waals surface area (Å²) in [5.74, 6) is 5.85. The maximum Gasteiger partial charge on any atom is 0.332 e. The summed E-state index contributed by atoms with van der Waals surface area (Å²) >= 11 is 0. The molecule has 0 aliphatic rings. The van der Waals surface area contributed by atoms with Gasteiger partial charge in [-0.25, -0.2) is 5.84 Å². The van der Waals surface area contributed by atoms with Gasteiger partial charge in [-0.3, -0.25) is 10.2 Å². The van der Waals surface area contributed by atoms with E-state index in [0.29, 0.717) is 13.2 Å². The van der Waals surface area contributed by atoms with E-state index in [9.17, 15) is 15.0 Å². The number of hydrogen-bond acceptors (Lipinski definition) is 7. The molecule has 0 fully saturated rings. The number of amides is 1. The summed E-state index contributed by atoms with van der Waals surface area (Å²) in [6.07, 6.45) is 42.0. The predicted molar refractivity (Wildman–Crippen MR) is 295 cm³/mol. The highest BCUT2D eigenvalue weighted by Gasteiger charge is 2.41. The van der Waals surface area contributed by atoms with Gasteiger partial charge in [-0.05, 0) is 58.1 Å². The quantitative estimate of drug-likeness (QED) is 0.0172. The van der Waals surface area contributed by atoms with Gasteiger partial charge in [0.1, 0.15) is 11.5 Å². The molecule has 0 spiro atoms. The molecule has 1 amide bonds. The second-order valence-electron chi connectivity index (χ2n) is 22.6. The molecule has 2 aromatic rings. The normalized spacial score (nSPS) is 12.4. The Hall–Kier alpha value is -2.22. The maximum absolute atomic E-state index is 13.6. The van der Waals surface area contributed by atoms with Gasteiger partial charge >= 0.3 is 8.60 Å². The monoisotopic (exact) mass is 983 g/mol. The molecule has 0 saturated heterocycles. The zero-order valence-electron chi connectivity index (χ0n) is 46.0. The van der Waals surface area contributed by atoms with Crippen molar-refractivity contribution in [3.8, 4) is 11.5 Å². The number of phenolic OH excluding ortho intramolecular Hbond substituents is 2. The second-order valence-corrected chi connectivity index (χ2v) is 23.8. The Morgan fingerprint density at radius 2 is 0.768 bits per heavy atom. The van der Waals surface area contributed by atoms with Crippen LogP contribution >= 0.6 is 8.60 Å². The average molecular weight is 983 g/mol. The second kappa shape index (κ2) is 37.5. The van der Waals surface area contributed by atoms with Crippen molar-refractivity contribution in [1.29, 1.82) is 0 Å². The highest BCUT2D eigenvalue weighted by atomic mass is 31.2. The fourth-order valence-electron chi connectivity index (χ4n) is 9.64. The first-order valence-corrected chi connectivity index (χ1v) is 29.7. The molecule has 0 aliphatic heterocycles. The van der Waals surface area contributed by atoms with E-state index < -0.39 is 14.0 Å². The van der Waals surface area contributed by atoms with E-state index in [0.717, 1.165) is 47.9 Å². The third-order valence-corrected chi connectivity index (χ3v) is 15.3. The number of phenols is 2. The maximum atomic E-state index is 13.6. The molecule has 398 valence electrons. The van der Waals surface area contributed by atoms with E-state index in [1.54, 1.807) is 12.1 Å². The van der Waals surface area contributed by atoms with Gasteiger partial charge < -0.3 is 23.8 Å². The number of aromatic hydroxyl groups is 2. The molecular weight excluding hydrogens is 876 g/mol. The minimum atomic E-state index is -1.76. The van der Waals surface area contributed by atoms with Crippen molar-refractivity contribution in [2.45, 2.75) is 284 Å². The van der Waals surface area contributed by atoms with Crippen LogP contribution < -0.4 is 11.3 Å². The van der Waals surface area contributed by atoms with Crippen LogP contribution in [0.15, 0.2) is 36.4 Å². The lowest BCUT2D eigenvalue weighted by molar-refractivity contribution is -0.122. The van der Waals surface area contributed by atoms with Gasteiger partial charge in [-0.15, -0.1) is 0 Å². The Bertz CT molecular complexity index is 1490. The minimum Gasteiger partial charge on any atom is -0.508 e. The van der Waals surface area contributed by atoms with Gasteiger partial charge in [0.2, 0.25) is 5.91 Å². The average Bonchev–Trinajstić information content (AvgIpc) is 3.31. The number of benzene rings is 2. The number of hydrazine groups is 1. The van der Waals surface area contributed by atoms with Crippen LogP contribution in [0.3, 0.4) is 0 Å². The van der Waals surface area contributed by atoms with Gasteiger partial charge in [-0.1, -0.05) is 272 Å². The summed E-state index contributed by atoms with van der Waals surface area (Å²) < 4.78 is 19.8. The molecule has 0 atom stereocenters. The molecule has 2 rings (SSSR count). The molecule has 0 bridgehead atoms. The molecular formula is C60H107N2O6P. The third-order valence-electron chi connectivity index (χ3n) is 14.1. The summed E-state index contributed by atoms with van der Waals surface area (Å²) in [6, 6.07) is 11.1. The first kappa shape index (κ1) is 62.9. The van der Waals surface area contributed by atoms with Gasteiger partial charge in [0.05, 0.1) is 25.2 Å². The first-order chi connectivity index (χ1) is 33.2. The highest BCUT2D eigenvalue weighted by Crippen LogP contribution is 2.48. The van der Waals surface area contributed by atoms with E-state index in [1.807, 2.05) is 24.3 Å². The van der Waals surface area contributed by atoms with Crippen molar-refractivity contribution in [3.63, 3.8) is 0 Å². The van der Waals surface area contributed by atoms with E-state index in [1.165, 1.54) is 180 Å². The molecule has 0 aromatic heterocycles. The fourth-order valence-corrected chi connectivity index (χ4v) is 10.7. The van der Waals surface area contributed by atoms with E-state index in [-0.39, 0.29) is 41.3 Å². The zero-order chi connectivity index (χ0) is 50.6. The Labute approximate surface area is 426 Å². The first-order valence-electron chi connectivity index (χ1n) is 28.6. The lowest BCUT2D eigenvalue weighted by Gasteiger charge is -2.37. The SMILES string of the molecule is CCCCCCCCCCCCCCCCCCOP(OCCCCCCCCCCCCCCCCCC)OCC(CC(=O)NN)(c1ccc(O)c(C(C)(C)C)c1)c1ccc(O)c(C(C)(C)C)c1. The molecule has 69 heavy (non-hydrogen) atoms. The molecule has 5 N–H and O–H groups in total. The largest absolute Gasteiger partial charge is 0.508 e. The molecule has 2 aromatic carbocycles. The lowest BCUT2D eigenvalue weighted by atomic mass is 9.69. The van der Waals surface area contributed by atoms with Crippen LogP contribution in [-0.2, 0) is 34.6 Å². The van der Waals surface area contributed by atoms with Crippen molar-refractivity contribution in [1.82, 2.24) is 5.43 Å². The van der Waals surface area contributed by atoms with Gasteiger partial charge in [0.15, 0.2) is 0 Å². The molecule has 9 heteroatoms. The van der Waals surface area contributed by atoms with E-state index in [2.05, 4.69) is 60.8 Å². The summed E-state index contributed by atoms with van der Waals surface area (Å²) in [5, 5.41) is 22.2. The topological polar surface area (TPSA) is 123 Å². The Kier molecular flexibility index (Phi) is 34.2. The van der Waals surface area contributed by atoms with Crippen LogP contribution in [0.25, 0.3) is 0 Å². The third kappa shape index (κ3) is 27.4. The Morgan fingerprint density at radius 3 is 1.04 bits per heavy atom. The molecule has 0 unspecified atom stereocenters. The molecule has 0 radical (unpaired) electrons. The molecule has 0 saturated carbocycles. The van der Waals surface area contributed by atoms with Crippen molar-refractivity contribution in [2.75, 3.05) is 19.8 Å². The van der Waals surface area contributed by atoms with E-state index in [4.69, 9.17) is 19.4 Å². The number of nitrogens with two attached hydrogens (primary N) is 1. The van der Waals surface area contributed by atoms with Gasteiger partial charge in [0.25, 0.3) is 0 Å². The Balaban J connectivity index is 2.10. The van der Waals surface area contributed by atoms with Crippen molar-refractivity contribution in [2.24, 2.45) is 5.84 Å². The smallest absolute Gasteiger partial charge is 0.332 e. The molecule has 0 aliphatic carbocycles. The van der Waals surface area contributed by atoms with Crippen LogP contribution in [0.2, 0.25) is 0 Å². The van der Waals surface area contributed by atoms with Crippen molar-refractivity contribution in [3.05, 3.63) is 58.7 Å². The number of unbranched alkanes of at least 4 members (excludes halogenated alkanes) is 30. The fraction of sp³-hybridized carbons (Fsp3) is 0.783. The standard InChI is InChI=1S/C60H107N2O6P/c1-9-11-13-15-17-19-21-23-25-27-29-31-33-35-37-39-45-66-69(67-46-40-38-36-34-32-30-28-26-24-22-20-18-16-14-12-10-2)68-50-60(49-57(65)62-61,51-41-43-55(63)53(47-51)58(3,4)5)52-42-44-56(64)54(48-52)59(6,7)8/h41-44,47-48,63-64H,9-40,45-46,49-50,61H2,1-8H3,(H,62,65). The number of nitrogens with one attached hydrogen (secondary N) is 1. The highest BCUT2D eigenvalue weighted by molar-refractivity contribution is 7.41. The van der Waals surface area contributed by atoms with Crippen LogP contribution in [-0.4, -0.2) is 35.9 Å². The summed E-state index contributed by atoms with van der Waals surface area (Å²) in [4.78, 5) is 13.6. The van der Waals surface area contributed by atoms with Crippen LogP contribution in [0.5, 0.6) is 11.5 Å². The summed E-state index contributed by atoms with van der Waals surface area (Å²) in [6.45, 7) is 18.1. The van der Waals surface area contributed by atoms with Crippen LogP contribution in [0.4, 0.5) is 0 Å². The summed E-state index contributed by atoms with van der Waals surface area (Å²) in [5.41, 5.74) is 3.66. The van der Waals surface area contributed by atoms with Crippen LogP contribution in [0, 0.1) is 0 Å². The predicted octanol–water partition coefficient (Wildman–Crippen LogP) is 18.2. The van der Waals surface area contributed by atoms with Gasteiger partial charge in [0, 0.05) is 6.42 Å². The van der Waals surface area contributed by atoms with Crippen LogP contribution in [0.1, 0.15) is 290 Å². The number of hydrogen-bond donors (Lipinski definition) is 4. The zero-order valence-corrected chi connectivity index (χ0v) is 46.9. The minimum absolute atomic E-state index is 0.0341. The number of carbonyl (C=O) groups is 1. The number of rotatable bonds is 43. The van der Waals surface area contributed by atoms with Crippen molar-refractivity contribution >= 4 is 14.5 Å². The van der Waals surface area contributed by atoms with E-state index >= 15 is 0 Å². The van der Waals surface area contributed by atoms with Crippen molar-refractivity contribution < 1.29 is 28.6 Å². The summed E-state index contributed by atoms with van der Waals surface area (Å²) in [7, 11) is -1.76. The molecule has 0 heterocycles. The molecule has 8 nitrogen and oxygen atoms in total. The number of carbonyl (C=O) groups excluding carboxylic acids is 1. The van der Waals surface area contributed by atoms with Gasteiger partial charge in [-0.2, -0.15) is 0 Å².